The lowest BCUT2D eigenvalue weighted by Crippen LogP contribution is -2.61. The summed E-state index contributed by atoms with van der Waals surface area (Å²) in [5, 5.41) is 2.46. The number of anilines is 7. The molecule has 1 saturated carbocycles. The zero-order chi connectivity index (χ0) is 57.7. The maximum atomic E-state index is 2.84. The van der Waals surface area contributed by atoms with E-state index >= 15 is 0 Å². The van der Waals surface area contributed by atoms with Crippen LogP contribution in [0.1, 0.15) is 39.5 Å². The highest BCUT2D eigenvalue weighted by molar-refractivity contribution is 7.00. The highest BCUT2D eigenvalue weighted by Gasteiger charge is 2.47. The Morgan fingerprint density at radius 3 is 1.25 bits per heavy atom. The maximum absolute atomic E-state index is 2.84. The van der Waals surface area contributed by atoms with E-state index in [9.17, 15) is 0 Å². The SMILES string of the molecule is CC1CC2CC(C)N(c3ccc4c(c3)N(c3c(-c5ccccc5)cccc3-c3ccccc3)c3cc(-n5c6ccccc6c6ccccc65)cc5c3B4c3ccc(-c4ccccc4)cc3N5c3c(-c4ccccc4)cccc3-c3ccccc3)C(C1)C2. The van der Waals surface area contributed by atoms with E-state index in [1.807, 2.05) is 0 Å². The number of hydrogen-bond donors (Lipinski definition) is 0. The van der Waals surface area contributed by atoms with Crippen LogP contribution in [0, 0.1) is 11.8 Å². The molecule has 0 radical (unpaired) electrons. The number of aromatic nitrogens is 1. The van der Waals surface area contributed by atoms with Gasteiger partial charge in [0.25, 0.3) is 6.71 Å². The van der Waals surface area contributed by atoms with E-state index < -0.39 is 0 Å². The largest absolute Gasteiger partial charge is 0.366 e. The Kier molecular flexibility index (Phi) is 12.3. The number of benzene rings is 12. The van der Waals surface area contributed by atoms with Gasteiger partial charge in [0, 0.05) is 73.5 Å². The molecule has 13 aromatic rings. The molecule has 5 heteroatoms. The van der Waals surface area contributed by atoms with Crippen molar-refractivity contribution < 1.29 is 0 Å². The predicted octanol–water partition coefficient (Wildman–Crippen LogP) is 19.6. The van der Waals surface area contributed by atoms with Crippen LogP contribution >= 0.6 is 0 Å². The van der Waals surface area contributed by atoms with Crippen molar-refractivity contribution in [3.8, 4) is 61.3 Å². The van der Waals surface area contributed by atoms with Crippen molar-refractivity contribution >= 4 is 84.7 Å². The lowest BCUT2D eigenvalue weighted by atomic mass is 9.33. The minimum absolute atomic E-state index is 0.149. The summed E-state index contributed by atoms with van der Waals surface area (Å²) in [4.78, 5) is 8.27. The molecule has 4 atom stereocenters. The molecular weight excluding hydrogens is 1050 g/mol. The van der Waals surface area contributed by atoms with E-state index in [0.29, 0.717) is 18.0 Å². The van der Waals surface area contributed by atoms with Gasteiger partial charge in [-0.1, -0.05) is 250 Å². The topological polar surface area (TPSA) is 14.7 Å². The molecule has 0 N–H and O–H groups in total. The quantitative estimate of drug-likeness (QED) is 0.134. The van der Waals surface area contributed by atoms with Gasteiger partial charge in [-0.2, -0.15) is 0 Å². The van der Waals surface area contributed by atoms with E-state index in [4.69, 9.17) is 0 Å². The standard InChI is InChI=1S/C82H65BN4/c1-54-46-56-48-55(2)84(64(47-54)49-56)63-43-45-73-77(51-63)87(82-68(60-30-14-6-15-31-60)38-23-39-69(82)61-32-16-7-17-33-61)79-53-65(85-74-40-20-18-34-70(74)71-35-19-21-41-75(71)85)52-78-80(79)83(73)72-44-42-62(57-24-8-3-9-25-57)50-76(72)86(78)81-66(58-26-10-4-11-27-58)36-22-37-67(81)59-28-12-5-13-29-59/h3-45,50-56,64H,46-49H2,1-2H3. The van der Waals surface area contributed by atoms with Crippen LogP contribution in [-0.4, -0.2) is 23.4 Å². The monoisotopic (exact) mass is 1120 g/mol. The Hall–Kier alpha value is -10.1. The van der Waals surface area contributed by atoms with E-state index in [0.717, 1.165) is 50.9 Å². The molecule has 0 amide bonds. The molecule has 12 aromatic carbocycles. The Morgan fingerprint density at radius 2 is 0.759 bits per heavy atom. The van der Waals surface area contributed by atoms with Crippen molar-refractivity contribution in [3.63, 3.8) is 0 Å². The molecule has 1 aliphatic carbocycles. The molecule has 3 aliphatic heterocycles. The summed E-state index contributed by atoms with van der Waals surface area (Å²) >= 11 is 0. The summed E-state index contributed by atoms with van der Waals surface area (Å²) in [7, 11) is 0. The summed E-state index contributed by atoms with van der Waals surface area (Å²) in [5.74, 6) is 1.47. The van der Waals surface area contributed by atoms with Crippen molar-refractivity contribution in [2.24, 2.45) is 11.8 Å². The maximum Gasteiger partial charge on any atom is 0.252 e. The molecule has 4 aliphatic rings. The number of piperidine rings is 1. The van der Waals surface area contributed by atoms with Crippen LogP contribution in [0.2, 0.25) is 0 Å². The molecule has 17 rings (SSSR count). The number of fused-ring (bicyclic) bond motifs is 9. The lowest BCUT2D eigenvalue weighted by molar-refractivity contribution is 0.179. The summed E-state index contributed by atoms with van der Waals surface area (Å²) in [5.41, 5.74) is 27.3. The minimum atomic E-state index is -0.149. The molecule has 416 valence electrons. The summed E-state index contributed by atoms with van der Waals surface area (Å²) < 4.78 is 2.55. The van der Waals surface area contributed by atoms with Gasteiger partial charge >= 0.3 is 0 Å². The van der Waals surface area contributed by atoms with Gasteiger partial charge in [0.1, 0.15) is 0 Å². The second-order valence-electron chi connectivity index (χ2n) is 24.9. The smallest absolute Gasteiger partial charge is 0.252 e. The van der Waals surface area contributed by atoms with Crippen molar-refractivity contribution in [1.29, 1.82) is 0 Å². The molecule has 2 bridgehead atoms. The third kappa shape index (κ3) is 8.42. The zero-order valence-corrected chi connectivity index (χ0v) is 49.1. The van der Waals surface area contributed by atoms with E-state index in [1.54, 1.807) is 0 Å². The Bertz CT molecular complexity index is 4600. The number of hydrogen-bond acceptors (Lipinski definition) is 3. The van der Waals surface area contributed by atoms with Gasteiger partial charge in [0.2, 0.25) is 0 Å². The highest BCUT2D eigenvalue weighted by Crippen LogP contribution is 2.55. The van der Waals surface area contributed by atoms with Crippen LogP contribution in [0.25, 0.3) is 83.1 Å². The number of para-hydroxylation sites is 4. The summed E-state index contributed by atoms with van der Waals surface area (Å²) in [6.45, 7) is 4.84. The Morgan fingerprint density at radius 1 is 0.333 bits per heavy atom. The van der Waals surface area contributed by atoms with Gasteiger partial charge < -0.3 is 19.3 Å². The Labute approximate surface area is 511 Å². The third-order valence-corrected chi connectivity index (χ3v) is 19.7. The van der Waals surface area contributed by atoms with Crippen LogP contribution in [-0.2, 0) is 0 Å². The van der Waals surface area contributed by atoms with E-state index in [-0.39, 0.29) is 6.71 Å². The highest BCUT2D eigenvalue weighted by atomic mass is 15.2. The average Bonchev–Trinajstić information content (AvgIpc) is 1.28. The first-order valence-corrected chi connectivity index (χ1v) is 31.4. The molecule has 2 fully saturated rings. The first kappa shape index (κ1) is 51.3. The summed E-state index contributed by atoms with van der Waals surface area (Å²) in [6.07, 6.45) is 5.03. The van der Waals surface area contributed by atoms with Crippen LogP contribution < -0.4 is 31.1 Å². The van der Waals surface area contributed by atoms with Crippen molar-refractivity contribution in [1.82, 2.24) is 4.57 Å². The van der Waals surface area contributed by atoms with Crippen LogP contribution in [0.4, 0.5) is 39.8 Å². The first-order chi connectivity index (χ1) is 43.0. The van der Waals surface area contributed by atoms with Crippen molar-refractivity contribution in [2.45, 2.75) is 51.6 Å². The van der Waals surface area contributed by atoms with Gasteiger partial charge in [-0.15, -0.1) is 0 Å². The lowest BCUT2D eigenvalue weighted by Gasteiger charge is -2.51. The number of rotatable bonds is 9. The van der Waals surface area contributed by atoms with Gasteiger partial charge in [0.05, 0.1) is 28.1 Å². The van der Waals surface area contributed by atoms with Gasteiger partial charge in [-0.05, 0) is 137 Å². The van der Waals surface area contributed by atoms with Gasteiger partial charge in [-0.25, -0.2) is 0 Å². The molecule has 4 unspecified atom stereocenters. The Balaban J connectivity index is 1.06. The van der Waals surface area contributed by atoms with Crippen molar-refractivity contribution in [3.05, 3.63) is 285 Å². The third-order valence-electron chi connectivity index (χ3n) is 19.7. The van der Waals surface area contributed by atoms with Gasteiger partial charge in [-0.3, -0.25) is 0 Å². The van der Waals surface area contributed by atoms with Crippen LogP contribution in [0.15, 0.2) is 285 Å². The molecule has 0 spiro atoms. The summed E-state index contributed by atoms with van der Waals surface area (Å²) in [6, 6.07) is 108. The molecule has 4 heterocycles. The average molecular weight is 1120 g/mol. The van der Waals surface area contributed by atoms with Crippen molar-refractivity contribution in [2.75, 3.05) is 14.7 Å². The molecular formula is C82H65BN4. The second kappa shape index (κ2) is 20.9. The fourth-order valence-electron chi connectivity index (χ4n) is 16.3. The first-order valence-electron chi connectivity index (χ1n) is 31.4. The predicted molar refractivity (Wildman–Crippen MR) is 369 cm³/mol. The molecule has 1 saturated heterocycles. The fourth-order valence-corrected chi connectivity index (χ4v) is 16.3. The molecule has 87 heavy (non-hydrogen) atoms. The van der Waals surface area contributed by atoms with Crippen LogP contribution in [0.3, 0.4) is 0 Å². The van der Waals surface area contributed by atoms with Gasteiger partial charge in [0.15, 0.2) is 0 Å². The molecule has 1 aromatic heterocycles. The normalized spacial score (nSPS) is 17.5. The second-order valence-corrected chi connectivity index (χ2v) is 24.9. The minimum Gasteiger partial charge on any atom is -0.366 e. The van der Waals surface area contributed by atoms with E-state index in [2.05, 4.69) is 318 Å². The molecule has 4 nitrogen and oxygen atoms in total. The zero-order valence-electron chi connectivity index (χ0n) is 49.1. The van der Waals surface area contributed by atoms with E-state index in [1.165, 1.54) is 120 Å². The van der Waals surface area contributed by atoms with Crippen LogP contribution in [0.5, 0.6) is 0 Å². The number of nitrogens with zero attached hydrogens (tertiary/aromatic N) is 4. The fraction of sp³-hybridized carbons (Fsp3) is 0.122.